The number of benzene rings is 1. The lowest BCUT2D eigenvalue weighted by molar-refractivity contribution is 0.0742. The van der Waals surface area contributed by atoms with Crippen molar-refractivity contribution in [2.45, 2.75) is 27.2 Å². The minimum absolute atomic E-state index is 0.0107. The minimum Gasteiger partial charge on any atom is -0.398 e. The Morgan fingerprint density at radius 1 is 1.44 bits per heavy atom. The third kappa shape index (κ3) is 3.73. The Kier molecular flexibility index (Phi) is 5.66. The van der Waals surface area contributed by atoms with Crippen LogP contribution in [0.25, 0.3) is 0 Å². The van der Waals surface area contributed by atoms with E-state index in [1.807, 2.05) is 17.9 Å². The van der Waals surface area contributed by atoms with E-state index in [0.29, 0.717) is 23.7 Å². The molecule has 2 N–H and O–H groups in total. The van der Waals surface area contributed by atoms with Crippen molar-refractivity contribution in [3.05, 3.63) is 28.2 Å². The largest absolute Gasteiger partial charge is 0.398 e. The summed E-state index contributed by atoms with van der Waals surface area (Å²) in [7, 11) is 0. The molecule has 0 heterocycles. The number of nitrogens with zero attached hydrogens (tertiary/aromatic N) is 1. The van der Waals surface area contributed by atoms with Gasteiger partial charge < -0.3 is 10.6 Å². The van der Waals surface area contributed by atoms with Gasteiger partial charge in [-0.3, -0.25) is 4.79 Å². The Balaban J connectivity index is 2.92. The number of hydrogen-bond acceptors (Lipinski definition) is 2. The Labute approximate surface area is 117 Å². The Hall–Kier alpha value is -1.03. The van der Waals surface area contributed by atoms with Crippen LogP contribution in [-0.4, -0.2) is 23.9 Å². The highest BCUT2D eigenvalue weighted by molar-refractivity contribution is 9.10. The summed E-state index contributed by atoms with van der Waals surface area (Å²) in [5.41, 5.74) is 6.99. The number of halogens is 1. The molecule has 0 spiro atoms. The number of rotatable bonds is 5. The SMILES string of the molecule is CCC(C)CN(CC)C(=O)c1cc(Br)ccc1N. The first-order valence-electron chi connectivity index (χ1n) is 6.33. The van der Waals surface area contributed by atoms with Crippen molar-refractivity contribution in [1.82, 2.24) is 4.90 Å². The van der Waals surface area contributed by atoms with Crippen molar-refractivity contribution in [2.24, 2.45) is 5.92 Å². The molecular weight excluding hydrogens is 292 g/mol. The first-order chi connectivity index (χ1) is 8.49. The first kappa shape index (κ1) is 15.0. The quantitative estimate of drug-likeness (QED) is 0.845. The lowest BCUT2D eigenvalue weighted by atomic mass is 10.1. The van der Waals surface area contributed by atoms with Gasteiger partial charge in [0.2, 0.25) is 0 Å². The van der Waals surface area contributed by atoms with E-state index in [0.717, 1.165) is 17.4 Å². The van der Waals surface area contributed by atoms with Gasteiger partial charge in [0, 0.05) is 23.2 Å². The molecule has 0 saturated heterocycles. The topological polar surface area (TPSA) is 46.3 Å². The van der Waals surface area contributed by atoms with Crippen molar-refractivity contribution < 1.29 is 4.79 Å². The maximum atomic E-state index is 12.4. The fourth-order valence-corrected chi connectivity index (χ4v) is 2.11. The monoisotopic (exact) mass is 312 g/mol. The molecule has 1 aromatic rings. The zero-order valence-electron chi connectivity index (χ0n) is 11.2. The van der Waals surface area contributed by atoms with E-state index in [9.17, 15) is 4.79 Å². The van der Waals surface area contributed by atoms with Crippen molar-refractivity contribution in [3.63, 3.8) is 0 Å². The predicted molar refractivity (Wildman–Crippen MR) is 79.6 cm³/mol. The van der Waals surface area contributed by atoms with Crippen LogP contribution in [0, 0.1) is 5.92 Å². The van der Waals surface area contributed by atoms with Gasteiger partial charge in [-0.2, -0.15) is 0 Å². The average Bonchev–Trinajstić information content (AvgIpc) is 2.37. The summed E-state index contributed by atoms with van der Waals surface area (Å²) in [5, 5.41) is 0. The number of nitrogen functional groups attached to an aromatic ring is 1. The fraction of sp³-hybridized carbons (Fsp3) is 0.500. The van der Waals surface area contributed by atoms with Crippen LogP contribution in [0.3, 0.4) is 0 Å². The number of carbonyl (C=O) groups excluding carboxylic acids is 1. The van der Waals surface area contributed by atoms with Gasteiger partial charge in [0.05, 0.1) is 5.56 Å². The fourth-order valence-electron chi connectivity index (χ4n) is 1.74. The van der Waals surface area contributed by atoms with Crippen LogP contribution in [0.1, 0.15) is 37.6 Å². The van der Waals surface area contributed by atoms with Gasteiger partial charge in [-0.25, -0.2) is 0 Å². The summed E-state index contributed by atoms with van der Waals surface area (Å²) in [6, 6.07) is 5.39. The number of anilines is 1. The molecule has 1 atom stereocenters. The number of amides is 1. The maximum Gasteiger partial charge on any atom is 0.255 e. The van der Waals surface area contributed by atoms with Gasteiger partial charge in [-0.1, -0.05) is 36.2 Å². The molecule has 0 bridgehead atoms. The van der Waals surface area contributed by atoms with Crippen molar-refractivity contribution in [1.29, 1.82) is 0 Å². The highest BCUT2D eigenvalue weighted by Crippen LogP contribution is 2.20. The van der Waals surface area contributed by atoms with Gasteiger partial charge in [0.25, 0.3) is 5.91 Å². The molecule has 0 aliphatic heterocycles. The molecule has 0 aliphatic carbocycles. The Morgan fingerprint density at radius 2 is 2.11 bits per heavy atom. The second kappa shape index (κ2) is 6.78. The summed E-state index contributed by atoms with van der Waals surface area (Å²) >= 11 is 3.37. The lowest BCUT2D eigenvalue weighted by Crippen LogP contribution is -2.34. The minimum atomic E-state index is 0.0107. The molecule has 0 aliphatic rings. The Bertz CT molecular complexity index is 420. The summed E-state index contributed by atoms with van der Waals surface area (Å²) in [6.07, 6.45) is 1.07. The van der Waals surface area contributed by atoms with E-state index in [2.05, 4.69) is 29.8 Å². The summed E-state index contributed by atoms with van der Waals surface area (Å²) in [4.78, 5) is 14.3. The second-order valence-electron chi connectivity index (χ2n) is 4.59. The highest BCUT2D eigenvalue weighted by Gasteiger charge is 2.18. The van der Waals surface area contributed by atoms with E-state index >= 15 is 0 Å². The van der Waals surface area contributed by atoms with Crippen LogP contribution in [0.2, 0.25) is 0 Å². The molecule has 100 valence electrons. The first-order valence-corrected chi connectivity index (χ1v) is 7.13. The van der Waals surface area contributed by atoms with Gasteiger partial charge in [-0.15, -0.1) is 0 Å². The van der Waals surface area contributed by atoms with Gasteiger partial charge in [0.15, 0.2) is 0 Å². The third-order valence-corrected chi connectivity index (χ3v) is 3.64. The number of carbonyl (C=O) groups is 1. The van der Waals surface area contributed by atoms with E-state index < -0.39 is 0 Å². The van der Waals surface area contributed by atoms with Crippen LogP contribution in [0.5, 0.6) is 0 Å². The molecule has 1 amide bonds. The molecule has 3 nitrogen and oxygen atoms in total. The van der Waals surface area contributed by atoms with Gasteiger partial charge >= 0.3 is 0 Å². The molecule has 4 heteroatoms. The normalized spacial score (nSPS) is 12.2. The molecule has 0 radical (unpaired) electrons. The molecular formula is C14H21BrN2O. The van der Waals surface area contributed by atoms with Crippen LogP contribution >= 0.6 is 15.9 Å². The summed E-state index contributed by atoms with van der Waals surface area (Å²) < 4.78 is 0.875. The highest BCUT2D eigenvalue weighted by atomic mass is 79.9. The van der Waals surface area contributed by atoms with Crippen molar-refractivity contribution in [3.8, 4) is 0 Å². The zero-order valence-corrected chi connectivity index (χ0v) is 12.8. The van der Waals surface area contributed by atoms with Crippen LogP contribution in [0.15, 0.2) is 22.7 Å². The standard InChI is InChI=1S/C14H21BrN2O/c1-4-10(3)9-17(5-2)14(18)12-8-11(15)6-7-13(12)16/h6-8,10H,4-5,9,16H2,1-3H3. The molecule has 1 aromatic carbocycles. The predicted octanol–water partition coefficient (Wildman–Crippen LogP) is 3.54. The Morgan fingerprint density at radius 3 is 2.67 bits per heavy atom. The smallest absolute Gasteiger partial charge is 0.255 e. The number of nitrogens with two attached hydrogens (primary N) is 1. The van der Waals surface area contributed by atoms with Crippen molar-refractivity contribution in [2.75, 3.05) is 18.8 Å². The maximum absolute atomic E-state index is 12.4. The molecule has 18 heavy (non-hydrogen) atoms. The number of hydrogen-bond donors (Lipinski definition) is 1. The molecule has 0 aromatic heterocycles. The third-order valence-electron chi connectivity index (χ3n) is 3.14. The van der Waals surface area contributed by atoms with E-state index in [1.165, 1.54) is 0 Å². The van der Waals surface area contributed by atoms with E-state index in [1.54, 1.807) is 12.1 Å². The van der Waals surface area contributed by atoms with Crippen LogP contribution < -0.4 is 5.73 Å². The zero-order chi connectivity index (χ0) is 13.7. The summed E-state index contributed by atoms with van der Waals surface area (Å²) in [6.45, 7) is 7.76. The van der Waals surface area contributed by atoms with Gasteiger partial charge in [-0.05, 0) is 31.0 Å². The van der Waals surface area contributed by atoms with Crippen LogP contribution in [-0.2, 0) is 0 Å². The second-order valence-corrected chi connectivity index (χ2v) is 5.50. The molecule has 0 saturated carbocycles. The van der Waals surface area contributed by atoms with Gasteiger partial charge in [0.1, 0.15) is 0 Å². The molecule has 0 fully saturated rings. The van der Waals surface area contributed by atoms with Crippen LogP contribution in [0.4, 0.5) is 5.69 Å². The lowest BCUT2D eigenvalue weighted by Gasteiger charge is -2.24. The van der Waals surface area contributed by atoms with Crippen molar-refractivity contribution >= 4 is 27.5 Å². The molecule has 1 unspecified atom stereocenters. The average molecular weight is 313 g/mol. The summed E-state index contributed by atoms with van der Waals surface area (Å²) in [5.74, 6) is 0.513. The molecule has 1 rings (SSSR count). The van der Waals surface area contributed by atoms with E-state index in [4.69, 9.17) is 5.73 Å². The van der Waals surface area contributed by atoms with E-state index in [-0.39, 0.29) is 5.91 Å².